The Morgan fingerprint density at radius 2 is 1.65 bits per heavy atom. The largest absolute Gasteiger partial charge is 0.296 e. The highest BCUT2D eigenvalue weighted by Crippen LogP contribution is 2.27. The van der Waals surface area contributed by atoms with Gasteiger partial charge >= 0.3 is 0 Å². The molecule has 0 aliphatic carbocycles. The van der Waals surface area contributed by atoms with E-state index in [4.69, 9.17) is 0 Å². The maximum atomic E-state index is 13.5. The molecule has 31 heavy (non-hydrogen) atoms. The molecule has 4 aromatic rings. The van der Waals surface area contributed by atoms with E-state index in [1.807, 2.05) is 30.3 Å². The summed E-state index contributed by atoms with van der Waals surface area (Å²) in [6, 6.07) is 24.0. The second-order valence-electron chi connectivity index (χ2n) is 6.56. The first-order valence-corrected chi connectivity index (χ1v) is 11.7. The predicted octanol–water partition coefficient (Wildman–Crippen LogP) is 4.19. The van der Waals surface area contributed by atoms with Crippen LogP contribution in [-0.4, -0.2) is 24.5 Å². The number of anilines is 2. The van der Waals surface area contributed by atoms with Gasteiger partial charge in [0.2, 0.25) is 5.13 Å². The molecule has 0 aliphatic rings. The molecule has 156 valence electrons. The summed E-state index contributed by atoms with van der Waals surface area (Å²) in [5, 5.41) is 10.5. The fraction of sp³-hybridized carbons (Fsp3) is 0.0455. The molecule has 1 aromatic heterocycles. The molecule has 0 fully saturated rings. The summed E-state index contributed by atoms with van der Waals surface area (Å²) in [6.45, 7) is 0.125. The van der Waals surface area contributed by atoms with Crippen LogP contribution in [0.4, 0.5) is 10.8 Å². The Morgan fingerprint density at radius 3 is 2.32 bits per heavy atom. The van der Waals surface area contributed by atoms with Gasteiger partial charge in [-0.3, -0.25) is 14.4 Å². The van der Waals surface area contributed by atoms with Gasteiger partial charge in [-0.1, -0.05) is 65.9 Å². The number of rotatable bonds is 7. The van der Waals surface area contributed by atoms with Crippen LogP contribution in [0.1, 0.15) is 15.9 Å². The number of aromatic nitrogens is 2. The molecule has 3 aromatic carbocycles. The average Bonchev–Trinajstić information content (AvgIpc) is 3.32. The summed E-state index contributed by atoms with van der Waals surface area (Å²) in [5.41, 5.74) is 3.04. The van der Waals surface area contributed by atoms with E-state index in [0.717, 1.165) is 5.56 Å². The van der Waals surface area contributed by atoms with Gasteiger partial charge in [0.1, 0.15) is 5.51 Å². The summed E-state index contributed by atoms with van der Waals surface area (Å²) in [5.74, 6) is -0.393. The molecule has 0 aliphatic heterocycles. The van der Waals surface area contributed by atoms with E-state index in [9.17, 15) is 13.2 Å². The lowest BCUT2D eigenvalue weighted by Crippen LogP contribution is -2.30. The van der Waals surface area contributed by atoms with Crippen molar-refractivity contribution in [2.75, 3.05) is 9.62 Å². The molecule has 0 bridgehead atoms. The SMILES string of the molecule is O=C(Nc1nncs1)c1cccc(N(Cc2ccccc2)S(=O)(=O)c2ccccc2)c1. The number of sulfonamides is 1. The summed E-state index contributed by atoms with van der Waals surface area (Å²) in [7, 11) is -3.86. The molecule has 9 heteroatoms. The lowest BCUT2D eigenvalue weighted by Gasteiger charge is -2.25. The second kappa shape index (κ2) is 9.07. The zero-order valence-corrected chi connectivity index (χ0v) is 17.9. The Labute approximate surface area is 184 Å². The van der Waals surface area contributed by atoms with Crippen molar-refractivity contribution >= 4 is 38.1 Å². The summed E-state index contributed by atoms with van der Waals surface area (Å²) >= 11 is 1.20. The monoisotopic (exact) mass is 450 g/mol. The Bertz CT molecular complexity index is 1260. The first-order chi connectivity index (χ1) is 15.0. The fourth-order valence-electron chi connectivity index (χ4n) is 2.98. The molecule has 0 atom stereocenters. The minimum Gasteiger partial charge on any atom is -0.296 e. The number of nitrogens with zero attached hydrogens (tertiary/aromatic N) is 3. The van der Waals surface area contributed by atoms with E-state index < -0.39 is 15.9 Å². The molecular formula is C22H18N4O3S2. The van der Waals surface area contributed by atoms with Crippen molar-refractivity contribution in [2.24, 2.45) is 0 Å². The zero-order valence-electron chi connectivity index (χ0n) is 16.3. The minimum absolute atomic E-state index is 0.125. The number of amides is 1. The van der Waals surface area contributed by atoms with Gasteiger partial charge in [0.25, 0.3) is 15.9 Å². The summed E-state index contributed by atoms with van der Waals surface area (Å²) in [6.07, 6.45) is 0. The average molecular weight is 451 g/mol. The number of carbonyl (C=O) groups excluding carboxylic acids is 1. The van der Waals surface area contributed by atoms with Gasteiger partial charge in [-0.25, -0.2) is 8.42 Å². The molecule has 0 radical (unpaired) electrons. The third-order valence-corrected chi connectivity index (χ3v) is 6.87. The smallest absolute Gasteiger partial charge is 0.264 e. The highest BCUT2D eigenvalue weighted by molar-refractivity contribution is 7.92. The van der Waals surface area contributed by atoms with E-state index in [2.05, 4.69) is 15.5 Å². The van der Waals surface area contributed by atoms with Crippen LogP contribution in [0.5, 0.6) is 0 Å². The molecule has 1 amide bonds. The van der Waals surface area contributed by atoms with Crippen LogP contribution in [0.3, 0.4) is 0 Å². The fourth-order valence-corrected chi connectivity index (χ4v) is 4.89. The zero-order chi connectivity index (χ0) is 21.7. The van der Waals surface area contributed by atoms with E-state index in [-0.39, 0.29) is 11.4 Å². The molecule has 0 unspecified atom stereocenters. The molecule has 1 heterocycles. The van der Waals surface area contributed by atoms with Crippen molar-refractivity contribution in [1.82, 2.24) is 10.2 Å². The maximum absolute atomic E-state index is 13.5. The quantitative estimate of drug-likeness (QED) is 0.456. The van der Waals surface area contributed by atoms with Crippen LogP contribution in [0.25, 0.3) is 0 Å². The van der Waals surface area contributed by atoms with Gasteiger partial charge in [0, 0.05) is 5.56 Å². The van der Waals surface area contributed by atoms with Gasteiger partial charge in [-0.15, -0.1) is 10.2 Å². The molecule has 0 saturated carbocycles. The first-order valence-electron chi connectivity index (χ1n) is 9.33. The second-order valence-corrected chi connectivity index (χ2v) is 9.25. The van der Waals surface area contributed by atoms with Gasteiger partial charge in [0.15, 0.2) is 0 Å². The molecule has 0 spiro atoms. The summed E-state index contributed by atoms with van der Waals surface area (Å²) in [4.78, 5) is 12.8. The molecular weight excluding hydrogens is 432 g/mol. The Morgan fingerprint density at radius 1 is 0.935 bits per heavy atom. The lowest BCUT2D eigenvalue weighted by atomic mass is 10.1. The van der Waals surface area contributed by atoms with Crippen LogP contribution in [0, 0.1) is 0 Å². The highest BCUT2D eigenvalue weighted by atomic mass is 32.2. The van der Waals surface area contributed by atoms with Crippen molar-refractivity contribution in [2.45, 2.75) is 11.4 Å². The van der Waals surface area contributed by atoms with Crippen molar-refractivity contribution < 1.29 is 13.2 Å². The highest BCUT2D eigenvalue weighted by Gasteiger charge is 2.25. The van der Waals surface area contributed by atoms with E-state index in [0.29, 0.717) is 16.4 Å². The van der Waals surface area contributed by atoms with Gasteiger partial charge in [-0.2, -0.15) is 0 Å². The van der Waals surface area contributed by atoms with Crippen LogP contribution in [-0.2, 0) is 16.6 Å². The first kappa shape index (κ1) is 20.7. The van der Waals surface area contributed by atoms with Crippen molar-refractivity contribution in [3.63, 3.8) is 0 Å². The number of benzene rings is 3. The molecule has 0 saturated heterocycles. The molecule has 1 N–H and O–H groups in total. The minimum atomic E-state index is -3.86. The van der Waals surface area contributed by atoms with Crippen molar-refractivity contribution in [3.8, 4) is 0 Å². The lowest BCUT2D eigenvalue weighted by molar-refractivity contribution is 0.102. The number of hydrogen-bond donors (Lipinski definition) is 1. The Hall–Kier alpha value is -3.56. The maximum Gasteiger partial charge on any atom is 0.264 e. The van der Waals surface area contributed by atoms with Crippen molar-refractivity contribution in [1.29, 1.82) is 0 Å². The van der Waals surface area contributed by atoms with Crippen LogP contribution < -0.4 is 9.62 Å². The van der Waals surface area contributed by atoms with Crippen molar-refractivity contribution in [3.05, 3.63) is 102 Å². The molecule has 7 nitrogen and oxygen atoms in total. The number of hydrogen-bond acceptors (Lipinski definition) is 6. The third-order valence-electron chi connectivity index (χ3n) is 4.48. The normalized spacial score (nSPS) is 11.1. The third kappa shape index (κ3) is 4.79. The Kier molecular flexibility index (Phi) is 6.06. The van der Waals surface area contributed by atoms with Crippen LogP contribution >= 0.6 is 11.3 Å². The van der Waals surface area contributed by atoms with Crippen LogP contribution in [0.15, 0.2) is 95.3 Å². The summed E-state index contributed by atoms with van der Waals surface area (Å²) < 4.78 is 28.3. The van der Waals surface area contributed by atoms with E-state index in [1.165, 1.54) is 21.2 Å². The van der Waals surface area contributed by atoms with Gasteiger partial charge in [-0.05, 0) is 35.9 Å². The van der Waals surface area contributed by atoms with E-state index >= 15 is 0 Å². The van der Waals surface area contributed by atoms with Gasteiger partial charge < -0.3 is 0 Å². The predicted molar refractivity (Wildman–Crippen MR) is 121 cm³/mol. The van der Waals surface area contributed by atoms with E-state index in [1.54, 1.807) is 54.6 Å². The Balaban J connectivity index is 1.72. The van der Waals surface area contributed by atoms with Gasteiger partial charge in [0.05, 0.1) is 17.1 Å². The number of nitrogens with one attached hydrogen (secondary N) is 1. The van der Waals surface area contributed by atoms with Crippen LogP contribution in [0.2, 0.25) is 0 Å². The standard InChI is InChI=1S/C22H18N4O3S2/c27-21(24-22-25-23-16-30-22)18-10-7-11-19(14-18)26(15-17-8-3-1-4-9-17)31(28,29)20-12-5-2-6-13-20/h1-14,16H,15H2,(H,24,25,27). The number of carbonyl (C=O) groups is 1. The topological polar surface area (TPSA) is 92.3 Å². The molecule has 4 rings (SSSR count).